The molecule has 202 valence electrons. The first-order valence-corrected chi connectivity index (χ1v) is 13.6. The van der Waals surface area contributed by atoms with Crippen LogP contribution in [0.15, 0.2) is 6.33 Å². The first-order chi connectivity index (χ1) is 17.2. The number of ether oxygens (including phenoxy) is 2. The van der Waals surface area contributed by atoms with Crippen molar-refractivity contribution in [3.63, 3.8) is 0 Å². The van der Waals surface area contributed by atoms with Crippen molar-refractivity contribution < 1.29 is 14.4 Å². The Labute approximate surface area is 212 Å². The molecular weight excluding hydrogens is 446 g/mol. The predicted octanol–water partition coefficient (Wildman–Crippen LogP) is 6.38. The average Bonchev–Trinajstić information content (AvgIpc) is 2.86. The van der Waals surface area contributed by atoms with Gasteiger partial charge in [0.25, 0.3) is 0 Å². The van der Waals surface area contributed by atoms with E-state index in [2.05, 4.69) is 22.2 Å². The van der Waals surface area contributed by atoms with E-state index >= 15 is 0 Å². The Balaban J connectivity index is 2.32. The highest BCUT2D eigenvalue weighted by Crippen LogP contribution is 2.31. The Morgan fingerprint density at radius 2 is 1.31 bits per heavy atom. The summed E-state index contributed by atoms with van der Waals surface area (Å²) in [5, 5.41) is 15.0. The van der Waals surface area contributed by atoms with Crippen LogP contribution >= 0.6 is 0 Å². The smallest absolute Gasteiger partial charge is 0.353 e. The standard InChI is InChI=1S/C26H49N5O4/c1-4-5-6-7-8-9-10-11-12-13-14-15-16-17-18-27-25-24(31(32)33)26(29-23-28-25)30(19-21-34-2)20-22-35-3/h23H,4-22H2,1-3H3,(H,27,28,29). The molecule has 0 fully saturated rings. The summed E-state index contributed by atoms with van der Waals surface area (Å²) in [4.78, 5) is 21.6. The summed E-state index contributed by atoms with van der Waals surface area (Å²) >= 11 is 0. The summed E-state index contributed by atoms with van der Waals surface area (Å²) < 4.78 is 10.3. The lowest BCUT2D eigenvalue weighted by Crippen LogP contribution is -2.32. The van der Waals surface area contributed by atoms with Crippen molar-refractivity contribution >= 4 is 17.3 Å². The maximum absolute atomic E-state index is 11.9. The molecule has 0 saturated carbocycles. The zero-order chi connectivity index (χ0) is 25.6. The van der Waals surface area contributed by atoms with Crippen LogP contribution in [-0.2, 0) is 9.47 Å². The molecule has 0 aliphatic carbocycles. The van der Waals surface area contributed by atoms with Gasteiger partial charge in [-0.25, -0.2) is 9.97 Å². The Hall–Kier alpha value is -2.00. The van der Waals surface area contributed by atoms with E-state index in [4.69, 9.17) is 9.47 Å². The van der Waals surface area contributed by atoms with Crippen molar-refractivity contribution in [3.05, 3.63) is 16.4 Å². The van der Waals surface area contributed by atoms with Crippen LogP contribution in [0.5, 0.6) is 0 Å². The minimum absolute atomic E-state index is 0.0925. The third-order valence-corrected chi connectivity index (χ3v) is 6.24. The van der Waals surface area contributed by atoms with Crippen molar-refractivity contribution in [2.45, 2.75) is 96.8 Å². The molecule has 35 heavy (non-hydrogen) atoms. The largest absolute Gasteiger partial charge is 0.383 e. The first kappa shape index (κ1) is 31.0. The predicted molar refractivity (Wildman–Crippen MR) is 143 cm³/mol. The minimum atomic E-state index is -0.407. The minimum Gasteiger partial charge on any atom is -0.383 e. The van der Waals surface area contributed by atoms with Crippen LogP contribution in [-0.4, -0.2) is 62.0 Å². The molecule has 1 aromatic rings. The van der Waals surface area contributed by atoms with E-state index in [9.17, 15) is 10.1 Å². The van der Waals surface area contributed by atoms with Gasteiger partial charge in [0.1, 0.15) is 6.33 Å². The van der Waals surface area contributed by atoms with Gasteiger partial charge in [-0.1, -0.05) is 90.4 Å². The van der Waals surface area contributed by atoms with Crippen LogP contribution in [0.25, 0.3) is 0 Å². The van der Waals surface area contributed by atoms with Crippen molar-refractivity contribution in [2.75, 3.05) is 57.3 Å². The molecule has 0 unspecified atom stereocenters. The lowest BCUT2D eigenvalue weighted by atomic mass is 10.0. The van der Waals surface area contributed by atoms with E-state index in [0.717, 1.165) is 12.8 Å². The highest BCUT2D eigenvalue weighted by Gasteiger charge is 2.26. The molecular formula is C26H49N5O4. The van der Waals surface area contributed by atoms with Crippen LogP contribution in [0, 0.1) is 10.1 Å². The second kappa shape index (κ2) is 21.3. The Morgan fingerprint density at radius 3 is 1.77 bits per heavy atom. The fraction of sp³-hybridized carbons (Fsp3) is 0.846. The molecule has 0 aliphatic heterocycles. The molecule has 1 heterocycles. The summed E-state index contributed by atoms with van der Waals surface area (Å²) in [6.07, 6.45) is 19.6. The summed E-state index contributed by atoms with van der Waals surface area (Å²) in [6, 6.07) is 0. The van der Waals surface area contributed by atoms with Gasteiger partial charge in [-0.2, -0.15) is 0 Å². The van der Waals surface area contributed by atoms with E-state index in [1.54, 1.807) is 14.2 Å². The Kier molecular flexibility index (Phi) is 18.9. The molecule has 1 rings (SSSR count). The summed E-state index contributed by atoms with van der Waals surface area (Å²) in [6.45, 7) is 4.76. The van der Waals surface area contributed by atoms with Crippen LogP contribution in [0.3, 0.4) is 0 Å². The third-order valence-electron chi connectivity index (χ3n) is 6.24. The van der Waals surface area contributed by atoms with Crippen LogP contribution < -0.4 is 10.2 Å². The summed E-state index contributed by atoms with van der Waals surface area (Å²) in [7, 11) is 3.21. The van der Waals surface area contributed by atoms with Gasteiger partial charge in [0.15, 0.2) is 0 Å². The lowest BCUT2D eigenvalue weighted by molar-refractivity contribution is -0.383. The SMILES string of the molecule is CCCCCCCCCCCCCCCCNc1ncnc(N(CCOC)CCOC)c1[N+](=O)[O-]. The van der Waals surface area contributed by atoms with Crippen LogP contribution in [0.1, 0.15) is 96.8 Å². The number of nitro groups is 1. The number of nitrogens with zero attached hydrogens (tertiary/aromatic N) is 4. The van der Waals surface area contributed by atoms with Crippen LogP contribution in [0.2, 0.25) is 0 Å². The third kappa shape index (κ3) is 14.2. The maximum atomic E-state index is 11.9. The molecule has 0 radical (unpaired) electrons. The molecule has 1 aromatic heterocycles. The van der Waals surface area contributed by atoms with Crippen molar-refractivity contribution in [1.29, 1.82) is 0 Å². The molecule has 0 saturated heterocycles. The van der Waals surface area contributed by atoms with Gasteiger partial charge in [0, 0.05) is 33.9 Å². The van der Waals surface area contributed by atoms with Crippen LogP contribution in [0.4, 0.5) is 17.3 Å². The fourth-order valence-corrected chi connectivity index (χ4v) is 4.15. The number of unbranched alkanes of at least 4 members (excludes halogenated alkanes) is 13. The van der Waals surface area contributed by atoms with E-state index in [0.29, 0.717) is 38.7 Å². The van der Waals surface area contributed by atoms with Crippen molar-refractivity contribution in [2.24, 2.45) is 0 Å². The molecule has 0 aromatic carbocycles. The van der Waals surface area contributed by atoms with E-state index in [-0.39, 0.29) is 11.5 Å². The fourth-order valence-electron chi connectivity index (χ4n) is 4.15. The van der Waals surface area contributed by atoms with Crippen molar-refractivity contribution in [3.8, 4) is 0 Å². The van der Waals surface area contributed by atoms with Gasteiger partial charge >= 0.3 is 5.69 Å². The number of rotatable bonds is 24. The molecule has 0 aliphatic rings. The Morgan fingerprint density at radius 1 is 0.829 bits per heavy atom. The van der Waals surface area contributed by atoms with E-state index < -0.39 is 4.92 Å². The van der Waals surface area contributed by atoms with Gasteiger partial charge in [0.2, 0.25) is 11.6 Å². The zero-order valence-corrected chi connectivity index (χ0v) is 22.4. The molecule has 1 N–H and O–H groups in total. The first-order valence-electron chi connectivity index (χ1n) is 13.6. The number of anilines is 2. The lowest BCUT2D eigenvalue weighted by Gasteiger charge is -2.23. The number of hydrogen-bond acceptors (Lipinski definition) is 8. The monoisotopic (exact) mass is 495 g/mol. The number of nitrogens with one attached hydrogen (secondary N) is 1. The van der Waals surface area contributed by atoms with Gasteiger partial charge < -0.3 is 19.7 Å². The molecule has 0 bridgehead atoms. The Bertz CT molecular complexity index is 655. The van der Waals surface area contributed by atoms with Gasteiger partial charge in [-0.3, -0.25) is 10.1 Å². The number of aromatic nitrogens is 2. The number of methoxy groups -OCH3 is 2. The molecule has 0 amide bonds. The second-order valence-electron chi connectivity index (χ2n) is 9.15. The highest BCUT2D eigenvalue weighted by molar-refractivity contribution is 5.70. The quantitative estimate of drug-likeness (QED) is 0.100. The second-order valence-corrected chi connectivity index (χ2v) is 9.15. The zero-order valence-electron chi connectivity index (χ0n) is 22.4. The maximum Gasteiger partial charge on any atom is 0.353 e. The normalized spacial score (nSPS) is 11.1. The average molecular weight is 496 g/mol. The van der Waals surface area contributed by atoms with Crippen molar-refractivity contribution in [1.82, 2.24) is 9.97 Å². The van der Waals surface area contributed by atoms with Gasteiger partial charge in [0.05, 0.1) is 18.1 Å². The summed E-state index contributed by atoms with van der Waals surface area (Å²) in [5.74, 6) is 0.567. The molecule has 9 heteroatoms. The number of hydrogen-bond donors (Lipinski definition) is 1. The van der Waals surface area contributed by atoms with E-state index in [1.807, 2.05) is 4.90 Å². The molecule has 0 spiro atoms. The van der Waals surface area contributed by atoms with E-state index in [1.165, 1.54) is 83.4 Å². The summed E-state index contributed by atoms with van der Waals surface area (Å²) in [5.41, 5.74) is -0.0925. The molecule has 9 nitrogen and oxygen atoms in total. The molecule has 0 atom stereocenters. The van der Waals surface area contributed by atoms with Gasteiger partial charge in [-0.05, 0) is 6.42 Å². The van der Waals surface area contributed by atoms with Gasteiger partial charge in [-0.15, -0.1) is 0 Å². The topological polar surface area (TPSA) is 103 Å². The highest BCUT2D eigenvalue weighted by atomic mass is 16.6.